The highest BCUT2D eigenvalue weighted by Gasteiger charge is 2.24. The Morgan fingerprint density at radius 1 is 1.26 bits per heavy atom. The average molecular weight is 371 g/mol. The van der Waals surface area contributed by atoms with Crippen LogP contribution >= 0.6 is 15.9 Å². The number of para-hydroxylation sites is 1. The molecule has 0 radical (unpaired) electrons. The molecule has 1 unspecified atom stereocenters. The molecule has 1 atom stereocenters. The van der Waals surface area contributed by atoms with E-state index in [2.05, 4.69) is 75.2 Å². The monoisotopic (exact) mass is 370 g/mol. The maximum atomic E-state index is 11.6. The minimum Gasteiger partial charge on any atom is -0.365 e. The molecule has 2 aromatic rings. The van der Waals surface area contributed by atoms with E-state index in [-0.39, 0.29) is 11.9 Å². The van der Waals surface area contributed by atoms with Crippen LogP contribution in [0.1, 0.15) is 11.1 Å². The van der Waals surface area contributed by atoms with Crippen LogP contribution in [0, 0.1) is 0 Å². The Hall–Kier alpha value is -2.07. The Balaban J connectivity index is 1.83. The van der Waals surface area contributed by atoms with Crippen LogP contribution in [0.4, 0.5) is 5.69 Å². The SMILES string of the molecule is C=CC(=O)NC1Cc2ccccc2N(Cc2ccc(Br)cc2)C1. The second-order valence-corrected chi connectivity index (χ2v) is 6.67. The number of hydrogen-bond acceptors (Lipinski definition) is 2. The summed E-state index contributed by atoms with van der Waals surface area (Å²) in [5.41, 5.74) is 3.77. The molecule has 1 aliphatic rings. The van der Waals surface area contributed by atoms with E-state index >= 15 is 0 Å². The van der Waals surface area contributed by atoms with Gasteiger partial charge in [0.05, 0.1) is 6.04 Å². The lowest BCUT2D eigenvalue weighted by Gasteiger charge is -2.36. The normalized spacial score (nSPS) is 16.6. The van der Waals surface area contributed by atoms with Gasteiger partial charge in [0.1, 0.15) is 0 Å². The van der Waals surface area contributed by atoms with Crippen molar-refractivity contribution in [2.24, 2.45) is 0 Å². The fourth-order valence-corrected chi connectivity index (χ4v) is 3.27. The highest BCUT2D eigenvalue weighted by atomic mass is 79.9. The zero-order chi connectivity index (χ0) is 16.2. The quantitative estimate of drug-likeness (QED) is 0.832. The van der Waals surface area contributed by atoms with Crippen molar-refractivity contribution in [1.29, 1.82) is 0 Å². The molecule has 0 aliphatic carbocycles. The predicted octanol–water partition coefficient (Wildman–Crippen LogP) is 3.68. The largest absolute Gasteiger partial charge is 0.365 e. The Kier molecular flexibility index (Phi) is 4.82. The van der Waals surface area contributed by atoms with Gasteiger partial charge in [-0.2, -0.15) is 0 Å². The molecule has 1 heterocycles. The van der Waals surface area contributed by atoms with E-state index in [0.717, 1.165) is 24.0 Å². The van der Waals surface area contributed by atoms with Crippen LogP contribution in [0.5, 0.6) is 0 Å². The first kappa shape index (κ1) is 15.8. The summed E-state index contributed by atoms with van der Waals surface area (Å²) in [7, 11) is 0. The van der Waals surface area contributed by atoms with Crippen molar-refractivity contribution in [2.75, 3.05) is 11.4 Å². The molecule has 0 saturated carbocycles. The van der Waals surface area contributed by atoms with Crippen molar-refractivity contribution in [3.63, 3.8) is 0 Å². The fraction of sp³-hybridized carbons (Fsp3) is 0.211. The van der Waals surface area contributed by atoms with E-state index in [4.69, 9.17) is 0 Å². The van der Waals surface area contributed by atoms with E-state index in [1.54, 1.807) is 0 Å². The number of nitrogens with one attached hydrogen (secondary N) is 1. The molecule has 23 heavy (non-hydrogen) atoms. The summed E-state index contributed by atoms with van der Waals surface area (Å²) in [4.78, 5) is 14.0. The number of amides is 1. The molecule has 0 fully saturated rings. The summed E-state index contributed by atoms with van der Waals surface area (Å²) in [6.07, 6.45) is 2.19. The minimum atomic E-state index is -0.113. The van der Waals surface area contributed by atoms with Gasteiger partial charge < -0.3 is 10.2 Å². The van der Waals surface area contributed by atoms with Gasteiger partial charge in [0.2, 0.25) is 5.91 Å². The first-order valence-electron chi connectivity index (χ1n) is 7.66. The number of rotatable bonds is 4. The number of hydrogen-bond donors (Lipinski definition) is 1. The van der Waals surface area contributed by atoms with Crippen molar-refractivity contribution in [1.82, 2.24) is 5.32 Å². The van der Waals surface area contributed by atoms with Crippen LogP contribution in [0.3, 0.4) is 0 Å². The van der Waals surface area contributed by atoms with E-state index in [1.165, 1.54) is 22.9 Å². The summed E-state index contributed by atoms with van der Waals surface area (Å²) in [6.45, 7) is 5.16. The average Bonchev–Trinajstić information content (AvgIpc) is 2.57. The van der Waals surface area contributed by atoms with E-state index in [0.29, 0.717) is 0 Å². The molecule has 1 amide bonds. The molecule has 0 spiro atoms. The molecule has 0 aromatic heterocycles. The van der Waals surface area contributed by atoms with Crippen LogP contribution in [-0.2, 0) is 17.8 Å². The predicted molar refractivity (Wildman–Crippen MR) is 97.5 cm³/mol. The maximum absolute atomic E-state index is 11.6. The summed E-state index contributed by atoms with van der Waals surface area (Å²) in [5.74, 6) is -0.113. The number of fused-ring (bicyclic) bond motifs is 1. The second-order valence-electron chi connectivity index (χ2n) is 5.75. The molecule has 0 bridgehead atoms. The van der Waals surface area contributed by atoms with Crippen molar-refractivity contribution in [3.8, 4) is 0 Å². The zero-order valence-electron chi connectivity index (χ0n) is 12.8. The molecular formula is C19H19BrN2O. The number of anilines is 1. The number of carbonyl (C=O) groups excluding carboxylic acids is 1. The topological polar surface area (TPSA) is 32.3 Å². The van der Waals surface area contributed by atoms with Crippen molar-refractivity contribution < 1.29 is 4.79 Å². The molecule has 3 rings (SSSR count). The van der Waals surface area contributed by atoms with Crippen molar-refractivity contribution >= 4 is 27.5 Å². The van der Waals surface area contributed by atoms with Gasteiger partial charge in [-0.25, -0.2) is 0 Å². The third-order valence-corrected chi connectivity index (χ3v) is 4.59. The van der Waals surface area contributed by atoms with Crippen molar-refractivity contribution in [3.05, 3.63) is 76.8 Å². The molecule has 3 nitrogen and oxygen atoms in total. The van der Waals surface area contributed by atoms with Gasteiger partial charge in [-0.1, -0.05) is 52.8 Å². The van der Waals surface area contributed by atoms with Crippen LogP contribution in [-0.4, -0.2) is 18.5 Å². The van der Waals surface area contributed by atoms with E-state index in [1.807, 2.05) is 6.07 Å². The molecule has 118 valence electrons. The summed E-state index contributed by atoms with van der Waals surface area (Å²) >= 11 is 3.47. The summed E-state index contributed by atoms with van der Waals surface area (Å²) < 4.78 is 1.08. The zero-order valence-corrected chi connectivity index (χ0v) is 14.4. The van der Waals surface area contributed by atoms with Gasteiger partial charge in [-0.3, -0.25) is 4.79 Å². The number of benzene rings is 2. The lowest BCUT2D eigenvalue weighted by molar-refractivity contribution is -0.117. The third-order valence-electron chi connectivity index (χ3n) is 4.06. The van der Waals surface area contributed by atoms with Gasteiger partial charge in [-0.15, -0.1) is 0 Å². The second kappa shape index (κ2) is 7.01. The number of nitrogens with zero attached hydrogens (tertiary/aromatic N) is 1. The summed E-state index contributed by atoms with van der Waals surface area (Å²) in [6, 6.07) is 16.9. The first-order valence-corrected chi connectivity index (χ1v) is 8.45. The number of halogens is 1. The van der Waals surface area contributed by atoms with E-state index < -0.39 is 0 Å². The molecule has 1 aliphatic heterocycles. The molecule has 0 saturated heterocycles. The van der Waals surface area contributed by atoms with Gasteiger partial charge in [0, 0.05) is 23.2 Å². The molecular weight excluding hydrogens is 352 g/mol. The van der Waals surface area contributed by atoms with Gasteiger partial charge in [0.25, 0.3) is 0 Å². The first-order chi connectivity index (χ1) is 11.2. The fourth-order valence-electron chi connectivity index (χ4n) is 3.00. The number of carbonyl (C=O) groups is 1. The molecule has 2 aromatic carbocycles. The smallest absolute Gasteiger partial charge is 0.243 e. The van der Waals surface area contributed by atoms with Crippen LogP contribution in [0.25, 0.3) is 0 Å². The maximum Gasteiger partial charge on any atom is 0.243 e. The lowest BCUT2D eigenvalue weighted by Crippen LogP contribution is -2.47. The molecule has 4 heteroatoms. The van der Waals surface area contributed by atoms with Crippen LogP contribution in [0.15, 0.2) is 65.7 Å². The van der Waals surface area contributed by atoms with Crippen LogP contribution in [0.2, 0.25) is 0 Å². The molecule has 1 N–H and O–H groups in total. The Labute approximate surface area is 145 Å². The highest BCUT2D eigenvalue weighted by molar-refractivity contribution is 9.10. The van der Waals surface area contributed by atoms with Gasteiger partial charge in [-0.05, 0) is 41.8 Å². The summed E-state index contributed by atoms with van der Waals surface area (Å²) in [5, 5.41) is 3.03. The van der Waals surface area contributed by atoms with Crippen LogP contribution < -0.4 is 10.2 Å². The standard InChI is InChI=1S/C19H19BrN2O/c1-2-19(23)21-17-11-15-5-3-4-6-18(15)22(13-17)12-14-7-9-16(20)10-8-14/h2-10,17H,1,11-13H2,(H,21,23). The Morgan fingerprint density at radius 2 is 2.00 bits per heavy atom. The van der Waals surface area contributed by atoms with Gasteiger partial charge in [0.15, 0.2) is 0 Å². The van der Waals surface area contributed by atoms with E-state index in [9.17, 15) is 4.79 Å². The lowest BCUT2D eigenvalue weighted by atomic mass is 9.97. The Morgan fingerprint density at radius 3 is 2.74 bits per heavy atom. The van der Waals surface area contributed by atoms with Gasteiger partial charge >= 0.3 is 0 Å². The highest BCUT2D eigenvalue weighted by Crippen LogP contribution is 2.28. The van der Waals surface area contributed by atoms with Crippen molar-refractivity contribution in [2.45, 2.75) is 19.0 Å². The Bertz CT molecular complexity index is 712. The minimum absolute atomic E-state index is 0.103. The third kappa shape index (κ3) is 3.82.